The van der Waals surface area contributed by atoms with Crippen molar-refractivity contribution in [3.05, 3.63) is 54.0 Å². The van der Waals surface area contributed by atoms with Crippen molar-refractivity contribution >= 4 is 23.5 Å². The predicted octanol–water partition coefficient (Wildman–Crippen LogP) is 3.22. The lowest BCUT2D eigenvalue weighted by atomic mass is 10.2. The van der Waals surface area contributed by atoms with Gasteiger partial charge in [0.15, 0.2) is 0 Å². The highest BCUT2D eigenvalue weighted by molar-refractivity contribution is 5.99. The maximum atomic E-state index is 13.3. The zero-order valence-corrected chi connectivity index (χ0v) is 15.5. The smallest absolute Gasteiger partial charge is 0.407 e. The Bertz CT molecular complexity index is 806. The number of nitrogens with zero attached hydrogens (tertiary/aromatic N) is 1. The van der Waals surface area contributed by atoms with Gasteiger partial charge in [-0.3, -0.25) is 4.79 Å². The molecule has 3 N–H and O–H groups in total. The lowest BCUT2D eigenvalue weighted by Gasteiger charge is -2.19. The number of amides is 2. The van der Waals surface area contributed by atoms with E-state index in [1.54, 1.807) is 45.0 Å². The predicted molar refractivity (Wildman–Crippen MR) is 100 cm³/mol. The molecule has 0 fully saturated rings. The van der Waals surface area contributed by atoms with Crippen LogP contribution in [0.2, 0.25) is 0 Å². The number of ether oxygens (including phenoxy) is 1. The Morgan fingerprint density at radius 1 is 1.11 bits per heavy atom. The van der Waals surface area contributed by atoms with Gasteiger partial charge in [-0.2, -0.15) is 0 Å². The van der Waals surface area contributed by atoms with Crippen LogP contribution in [0.15, 0.2) is 42.6 Å². The molecule has 0 bridgehead atoms. The molecule has 27 heavy (non-hydrogen) atoms. The van der Waals surface area contributed by atoms with E-state index < -0.39 is 17.5 Å². The van der Waals surface area contributed by atoms with Crippen LogP contribution in [0, 0.1) is 5.82 Å². The summed E-state index contributed by atoms with van der Waals surface area (Å²) < 4.78 is 18.4. The van der Waals surface area contributed by atoms with Crippen LogP contribution in [-0.2, 0) is 4.74 Å². The first kappa shape index (κ1) is 20.2. The van der Waals surface area contributed by atoms with Gasteiger partial charge in [-0.05, 0) is 51.1 Å². The molecule has 0 aliphatic heterocycles. The van der Waals surface area contributed by atoms with Gasteiger partial charge in [0.25, 0.3) is 5.91 Å². The first-order valence-electron chi connectivity index (χ1n) is 8.47. The Hall–Kier alpha value is -3.16. The molecule has 0 aliphatic rings. The summed E-state index contributed by atoms with van der Waals surface area (Å²) in [5.41, 5.74) is 0.203. The van der Waals surface area contributed by atoms with Crippen LogP contribution in [0.1, 0.15) is 31.1 Å². The molecule has 0 saturated heterocycles. The zero-order valence-electron chi connectivity index (χ0n) is 15.5. The molecule has 0 unspecified atom stereocenters. The highest BCUT2D eigenvalue weighted by atomic mass is 19.1. The molecule has 1 heterocycles. The van der Waals surface area contributed by atoms with E-state index in [0.29, 0.717) is 17.1 Å². The maximum absolute atomic E-state index is 13.3. The molecule has 0 atom stereocenters. The summed E-state index contributed by atoms with van der Waals surface area (Å²) in [4.78, 5) is 28.1. The van der Waals surface area contributed by atoms with E-state index in [1.165, 1.54) is 18.3 Å². The van der Waals surface area contributed by atoms with Gasteiger partial charge in [0.2, 0.25) is 0 Å². The van der Waals surface area contributed by atoms with Gasteiger partial charge < -0.3 is 20.7 Å². The minimum Gasteiger partial charge on any atom is -0.444 e. The molecule has 144 valence electrons. The third kappa shape index (κ3) is 6.93. The maximum Gasteiger partial charge on any atom is 0.407 e. The number of anilines is 2. The number of hydrogen-bond donors (Lipinski definition) is 3. The molecule has 1 aromatic carbocycles. The van der Waals surface area contributed by atoms with Gasteiger partial charge in [-0.25, -0.2) is 14.2 Å². The molecule has 1 aromatic heterocycles. The van der Waals surface area contributed by atoms with Crippen molar-refractivity contribution in [2.24, 2.45) is 0 Å². The van der Waals surface area contributed by atoms with Gasteiger partial charge in [-0.15, -0.1) is 0 Å². The summed E-state index contributed by atoms with van der Waals surface area (Å²) in [5, 5.41) is 8.18. The van der Waals surface area contributed by atoms with Crippen molar-refractivity contribution in [2.75, 3.05) is 18.4 Å². The number of aromatic nitrogens is 1. The molecule has 8 heteroatoms. The lowest BCUT2D eigenvalue weighted by molar-refractivity contribution is 0.0526. The van der Waals surface area contributed by atoms with Gasteiger partial charge >= 0.3 is 6.09 Å². The van der Waals surface area contributed by atoms with Crippen LogP contribution in [0.4, 0.5) is 20.7 Å². The quantitative estimate of drug-likeness (QED) is 0.675. The number of hydrogen-bond acceptors (Lipinski definition) is 5. The summed E-state index contributed by atoms with van der Waals surface area (Å²) in [6.45, 7) is 5.73. The molecular formula is C19H23FN4O3. The third-order valence-electron chi connectivity index (χ3n) is 3.22. The van der Waals surface area contributed by atoms with E-state index in [-0.39, 0.29) is 19.0 Å². The Kier molecular flexibility index (Phi) is 6.70. The first-order valence-corrected chi connectivity index (χ1v) is 8.47. The molecule has 0 radical (unpaired) electrons. The normalized spacial score (nSPS) is 10.8. The van der Waals surface area contributed by atoms with Crippen molar-refractivity contribution in [1.29, 1.82) is 0 Å². The topological polar surface area (TPSA) is 92.4 Å². The summed E-state index contributed by atoms with van der Waals surface area (Å²) in [6, 6.07) is 9.10. The minimum atomic E-state index is -0.583. The third-order valence-corrected chi connectivity index (χ3v) is 3.22. The molecule has 0 spiro atoms. The van der Waals surface area contributed by atoms with Gasteiger partial charge in [0, 0.05) is 25.0 Å². The second kappa shape index (κ2) is 8.98. The number of pyridine rings is 1. The Balaban J connectivity index is 1.90. The van der Waals surface area contributed by atoms with E-state index in [2.05, 4.69) is 20.9 Å². The van der Waals surface area contributed by atoms with E-state index >= 15 is 0 Å². The van der Waals surface area contributed by atoms with E-state index in [9.17, 15) is 14.0 Å². The SMILES string of the molecule is CC(C)(C)OC(=O)NCCNC(=O)c1cccnc1Nc1cccc(F)c1. The number of nitrogens with one attached hydrogen (secondary N) is 3. The molecule has 2 amide bonds. The zero-order chi connectivity index (χ0) is 19.9. The molecule has 0 saturated carbocycles. The van der Waals surface area contributed by atoms with Crippen LogP contribution in [0.3, 0.4) is 0 Å². The van der Waals surface area contributed by atoms with E-state index in [0.717, 1.165) is 0 Å². The summed E-state index contributed by atoms with van der Waals surface area (Å²) in [6.07, 6.45) is 0.981. The summed E-state index contributed by atoms with van der Waals surface area (Å²) >= 11 is 0. The number of rotatable bonds is 6. The van der Waals surface area contributed by atoms with Gasteiger partial charge in [0.05, 0.1) is 5.56 Å². The second-order valence-electron chi connectivity index (χ2n) is 6.72. The Morgan fingerprint density at radius 3 is 2.56 bits per heavy atom. The molecule has 2 rings (SSSR count). The van der Waals surface area contributed by atoms with Gasteiger partial charge in [0.1, 0.15) is 17.2 Å². The van der Waals surface area contributed by atoms with Crippen LogP contribution >= 0.6 is 0 Å². The van der Waals surface area contributed by atoms with Crippen molar-refractivity contribution in [2.45, 2.75) is 26.4 Å². The average molecular weight is 374 g/mol. The highest BCUT2D eigenvalue weighted by Gasteiger charge is 2.16. The Labute approximate surface area is 157 Å². The number of halogens is 1. The number of carbonyl (C=O) groups excluding carboxylic acids is 2. The van der Waals surface area contributed by atoms with E-state index in [1.807, 2.05) is 0 Å². The standard InChI is InChI=1S/C19H23FN4O3/c1-19(2,3)27-18(26)23-11-10-22-17(25)15-8-5-9-21-16(15)24-14-7-4-6-13(20)12-14/h4-9,12H,10-11H2,1-3H3,(H,21,24)(H,22,25)(H,23,26). The number of carbonyl (C=O) groups is 2. The van der Waals surface area contributed by atoms with Crippen molar-refractivity contribution in [1.82, 2.24) is 15.6 Å². The Morgan fingerprint density at radius 2 is 1.85 bits per heavy atom. The fourth-order valence-corrected chi connectivity index (χ4v) is 2.14. The number of benzene rings is 1. The van der Waals surface area contributed by atoms with Crippen LogP contribution in [-0.4, -0.2) is 35.7 Å². The second-order valence-corrected chi connectivity index (χ2v) is 6.72. The van der Waals surface area contributed by atoms with Crippen LogP contribution < -0.4 is 16.0 Å². The largest absolute Gasteiger partial charge is 0.444 e. The average Bonchev–Trinajstić information content (AvgIpc) is 2.57. The monoisotopic (exact) mass is 374 g/mol. The fraction of sp³-hybridized carbons (Fsp3) is 0.316. The highest BCUT2D eigenvalue weighted by Crippen LogP contribution is 2.19. The van der Waals surface area contributed by atoms with E-state index in [4.69, 9.17) is 4.74 Å². The van der Waals surface area contributed by atoms with Crippen molar-refractivity contribution < 1.29 is 18.7 Å². The molecule has 2 aromatic rings. The van der Waals surface area contributed by atoms with Gasteiger partial charge in [-0.1, -0.05) is 6.07 Å². The molecule has 0 aliphatic carbocycles. The summed E-state index contributed by atoms with van der Waals surface area (Å²) in [5.74, 6) is -0.455. The molecule has 7 nitrogen and oxygen atoms in total. The fourth-order valence-electron chi connectivity index (χ4n) is 2.14. The first-order chi connectivity index (χ1) is 12.7. The van der Waals surface area contributed by atoms with Crippen molar-refractivity contribution in [3.8, 4) is 0 Å². The van der Waals surface area contributed by atoms with Crippen LogP contribution in [0.25, 0.3) is 0 Å². The minimum absolute atomic E-state index is 0.215. The number of alkyl carbamates (subject to hydrolysis) is 1. The van der Waals surface area contributed by atoms with Crippen LogP contribution in [0.5, 0.6) is 0 Å². The summed E-state index contributed by atoms with van der Waals surface area (Å²) in [7, 11) is 0. The van der Waals surface area contributed by atoms with Crippen molar-refractivity contribution in [3.63, 3.8) is 0 Å². The lowest BCUT2D eigenvalue weighted by Crippen LogP contribution is -2.38. The molecular weight excluding hydrogens is 351 g/mol.